The minimum absolute atomic E-state index is 0.154. The summed E-state index contributed by atoms with van der Waals surface area (Å²) >= 11 is 1.38. The van der Waals surface area contributed by atoms with E-state index in [1.807, 2.05) is 4.90 Å². The summed E-state index contributed by atoms with van der Waals surface area (Å²) in [4.78, 5) is 42.2. The van der Waals surface area contributed by atoms with Crippen molar-refractivity contribution in [2.24, 2.45) is 0 Å². The molecule has 2 amide bonds. The van der Waals surface area contributed by atoms with E-state index in [0.29, 0.717) is 13.1 Å². The molecule has 130 valence electrons. The van der Waals surface area contributed by atoms with Crippen LogP contribution in [-0.2, 0) is 19.1 Å². The third-order valence-corrected chi connectivity index (χ3v) is 5.28. The Kier molecular flexibility index (Phi) is 3.87. The standard InChI is InChI=1S/C16H14FN3O4S/c17-9-1-2-11-12(5-9)25-16(18-11)19-6-10(7-19)24-15(23)8-20-13(21)3-4-14(20)22/h1-2,5,10H,3-4,6-8H2. The van der Waals surface area contributed by atoms with Crippen LogP contribution < -0.4 is 4.90 Å². The summed E-state index contributed by atoms with van der Waals surface area (Å²) < 4.78 is 19.3. The molecule has 4 rings (SSSR count). The topological polar surface area (TPSA) is 79.8 Å². The first-order valence-electron chi connectivity index (χ1n) is 7.83. The van der Waals surface area contributed by atoms with Gasteiger partial charge >= 0.3 is 5.97 Å². The van der Waals surface area contributed by atoms with Crippen LogP contribution >= 0.6 is 11.3 Å². The van der Waals surface area contributed by atoms with Crippen molar-refractivity contribution in [3.8, 4) is 0 Å². The van der Waals surface area contributed by atoms with Crippen LogP contribution in [-0.4, -0.2) is 53.4 Å². The highest BCUT2D eigenvalue weighted by Crippen LogP contribution is 2.32. The lowest BCUT2D eigenvalue weighted by Crippen LogP contribution is -2.53. The number of fused-ring (bicyclic) bond motifs is 1. The monoisotopic (exact) mass is 363 g/mol. The van der Waals surface area contributed by atoms with Crippen LogP contribution in [0.4, 0.5) is 9.52 Å². The zero-order valence-corrected chi connectivity index (χ0v) is 13.9. The minimum atomic E-state index is -0.584. The number of anilines is 1. The highest BCUT2D eigenvalue weighted by molar-refractivity contribution is 7.22. The Hall–Kier alpha value is -2.55. The summed E-state index contributed by atoms with van der Waals surface area (Å²) in [5.74, 6) is -1.55. The summed E-state index contributed by atoms with van der Waals surface area (Å²) in [6.45, 7) is 0.639. The zero-order valence-electron chi connectivity index (χ0n) is 13.1. The van der Waals surface area contributed by atoms with E-state index in [0.717, 1.165) is 20.2 Å². The third kappa shape index (κ3) is 3.07. The summed E-state index contributed by atoms with van der Waals surface area (Å²) in [6.07, 6.45) is 0.00677. The first kappa shape index (κ1) is 15.9. The van der Waals surface area contributed by atoms with Gasteiger partial charge in [0.15, 0.2) is 5.13 Å². The van der Waals surface area contributed by atoms with Gasteiger partial charge in [-0.05, 0) is 18.2 Å². The van der Waals surface area contributed by atoms with Gasteiger partial charge in [0.1, 0.15) is 18.5 Å². The lowest BCUT2D eigenvalue weighted by Gasteiger charge is -2.38. The van der Waals surface area contributed by atoms with Gasteiger partial charge in [0, 0.05) is 12.8 Å². The molecule has 1 aromatic heterocycles. The second-order valence-electron chi connectivity index (χ2n) is 6.00. The molecule has 2 saturated heterocycles. The maximum absolute atomic E-state index is 13.2. The molecule has 0 unspecified atom stereocenters. The number of benzene rings is 1. The maximum Gasteiger partial charge on any atom is 0.326 e. The van der Waals surface area contributed by atoms with E-state index in [9.17, 15) is 18.8 Å². The molecule has 2 fully saturated rings. The Balaban J connectivity index is 1.31. The number of carbonyl (C=O) groups excluding carboxylic acids is 3. The number of thiazole rings is 1. The largest absolute Gasteiger partial charge is 0.457 e. The van der Waals surface area contributed by atoms with Gasteiger partial charge in [-0.15, -0.1) is 0 Å². The van der Waals surface area contributed by atoms with Gasteiger partial charge in [0.05, 0.1) is 23.3 Å². The van der Waals surface area contributed by atoms with Gasteiger partial charge in [-0.25, -0.2) is 9.37 Å². The summed E-state index contributed by atoms with van der Waals surface area (Å²) in [5, 5.41) is 0.748. The SMILES string of the molecule is O=C(CN1C(=O)CCC1=O)OC1CN(c2nc3ccc(F)cc3s2)C1. The number of aromatic nitrogens is 1. The van der Waals surface area contributed by atoms with Gasteiger partial charge in [-0.2, -0.15) is 0 Å². The fourth-order valence-corrected chi connectivity index (χ4v) is 3.85. The lowest BCUT2D eigenvalue weighted by atomic mass is 10.2. The average molecular weight is 363 g/mol. The van der Waals surface area contributed by atoms with Crippen molar-refractivity contribution in [2.75, 3.05) is 24.5 Å². The van der Waals surface area contributed by atoms with Crippen molar-refractivity contribution in [1.82, 2.24) is 9.88 Å². The van der Waals surface area contributed by atoms with Crippen LogP contribution in [0.5, 0.6) is 0 Å². The molecule has 0 radical (unpaired) electrons. The minimum Gasteiger partial charge on any atom is -0.457 e. The number of nitrogens with zero attached hydrogens (tertiary/aromatic N) is 3. The van der Waals surface area contributed by atoms with Crippen LogP contribution in [0.3, 0.4) is 0 Å². The van der Waals surface area contributed by atoms with Crippen LogP contribution in [0.25, 0.3) is 10.2 Å². The highest BCUT2D eigenvalue weighted by Gasteiger charge is 2.35. The number of hydrogen-bond donors (Lipinski definition) is 0. The average Bonchev–Trinajstić information content (AvgIpc) is 3.07. The Morgan fingerprint density at radius 3 is 2.72 bits per heavy atom. The second kappa shape index (κ2) is 6.07. The number of ether oxygens (including phenoxy) is 1. The predicted octanol–water partition coefficient (Wildman–Crippen LogP) is 1.32. The third-order valence-electron chi connectivity index (χ3n) is 4.20. The first-order chi connectivity index (χ1) is 12.0. The zero-order chi connectivity index (χ0) is 17.6. The molecule has 7 nitrogen and oxygen atoms in total. The van der Waals surface area contributed by atoms with E-state index in [4.69, 9.17) is 4.74 Å². The van der Waals surface area contributed by atoms with E-state index in [-0.39, 0.29) is 43.1 Å². The van der Waals surface area contributed by atoms with Gasteiger partial charge in [-0.1, -0.05) is 11.3 Å². The molecule has 3 heterocycles. The number of hydrogen-bond acceptors (Lipinski definition) is 7. The van der Waals surface area contributed by atoms with Crippen molar-refractivity contribution >= 4 is 44.5 Å². The molecule has 2 aromatic rings. The molecule has 1 aromatic carbocycles. The molecule has 0 N–H and O–H groups in total. The molecule has 2 aliphatic heterocycles. The van der Waals surface area contributed by atoms with Crippen molar-refractivity contribution in [3.63, 3.8) is 0 Å². The maximum atomic E-state index is 13.2. The lowest BCUT2D eigenvalue weighted by molar-refractivity contribution is -0.156. The first-order valence-corrected chi connectivity index (χ1v) is 8.65. The number of amides is 2. The van der Waals surface area contributed by atoms with Gasteiger partial charge in [0.2, 0.25) is 11.8 Å². The molecule has 0 spiro atoms. The normalized spacial score (nSPS) is 18.1. The van der Waals surface area contributed by atoms with Crippen LogP contribution in [0.1, 0.15) is 12.8 Å². The van der Waals surface area contributed by atoms with E-state index >= 15 is 0 Å². The van der Waals surface area contributed by atoms with Crippen molar-refractivity contribution in [3.05, 3.63) is 24.0 Å². The molecule has 25 heavy (non-hydrogen) atoms. The smallest absolute Gasteiger partial charge is 0.326 e. The molecular formula is C16H14FN3O4S. The molecule has 0 saturated carbocycles. The Labute approximate surface area is 146 Å². The number of likely N-dealkylation sites (tertiary alicyclic amines) is 1. The van der Waals surface area contributed by atoms with E-state index in [1.54, 1.807) is 6.07 Å². The second-order valence-corrected chi connectivity index (χ2v) is 7.01. The molecule has 2 aliphatic rings. The molecule has 0 bridgehead atoms. The highest BCUT2D eigenvalue weighted by atomic mass is 32.1. The van der Waals surface area contributed by atoms with Crippen molar-refractivity contribution in [1.29, 1.82) is 0 Å². The Bertz CT molecular complexity index is 861. The van der Waals surface area contributed by atoms with Gasteiger partial charge in [-0.3, -0.25) is 19.3 Å². The van der Waals surface area contributed by atoms with Crippen LogP contribution in [0.2, 0.25) is 0 Å². The van der Waals surface area contributed by atoms with E-state index in [1.165, 1.54) is 23.5 Å². The van der Waals surface area contributed by atoms with Gasteiger partial charge in [0.25, 0.3) is 0 Å². The molecular weight excluding hydrogens is 349 g/mol. The molecule has 0 aliphatic carbocycles. The number of rotatable bonds is 4. The fourth-order valence-electron chi connectivity index (χ4n) is 2.84. The Morgan fingerprint density at radius 1 is 1.28 bits per heavy atom. The summed E-state index contributed by atoms with van der Waals surface area (Å²) in [7, 11) is 0. The number of imide groups is 1. The van der Waals surface area contributed by atoms with Crippen molar-refractivity contribution in [2.45, 2.75) is 18.9 Å². The summed E-state index contributed by atoms with van der Waals surface area (Å²) in [5.41, 5.74) is 0.730. The van der Waals surface area contributed by atoms with Crippen LogP contribution in [0.15, 0.2) is 18.2 Å². The number of esters is 1. The molecule has 0 atom stereocenters. The van der Waals surface area contributed by atoms with E-state index in [2.05, 4.69) is 4.98 Å². The van der Waals surface area contributed by atoms with E-state index < -0.39 is 5.97 Å². The molecule has 9 heteroatoms. The summed E-state index contributed by atoms with van der Waals surface area (Å²) in [6, 6.07) is 4.44. The Morgan fingerprint density at radius 2 is 2.00 bits per heavy atom. The predicted molar refractivity (Wildman–Crippen MR) is 87.6 cm³/mol. The van der Waals surface area contributed by atoms with Crippen LogP contribution in [0, 0.1) is 5.82 Å². The van der Waals surface area contributed by atoms with Gasteiger partial charge < -0.3 is 9.64 Å². The number of halogens is 1. The van der Waals surface area contributed by atoms with Crippen molar-refractivity contribution < 1.29 is 23.5 Å². The quantitative estimate of drug-likeness (QED) is 0.602. The number of carbonyl (C=O) groups is 3. The fraction of sp³-hybridized carbons (Fsp3) is 0.375.